The molecule has 0 aromatic heterocycles. The lowest BCUT2D eigenvalue weighted by Crippen LogP contribution is -2.24. The maximum absolute atomic E-state index is 5.93. The molecule has 0 saturated carbocycles. The summed E-state index contributed by atoms with van der Waals surface area (Å²) >= 11 is 0. The van der Waals surface area contributed by atoms with Crippen LogP contribution >= 0.6 is 0 Å². The van der Waals surface area contributed by atoms with E-state index in [0.29, 0.717) is 0 Å². The van der Waals surface area contributed by atoms with E-state index in [1.807, 2.05) is 12.1 Å². The third-order valence-corrected chi connectivity index (χ3v) is 3.62. The van der Waals surface area contributed by atoms with Crippen molar-refractivity contribution in [3.8, 4) is 5.75 Å². The molecule has 1 aliphatic heterocycles. The lowest BCUT2D eigenvalue weighted by atomic mass is 10.1. The number of nitrogens with one attached hydrogen (secondary N) is 1. The molecule has 0 spiro atoms. The monoisotopic (exact) mass is 253 g/mol. The Morgan fingerprint density at radius 2 is 2.00 bits per heavy atom. The highest BCUT2D eigenvalue weighted by molar-refractivity contribution is 5.52. The van der Waals surface area contributed by atoms with Crippen molar-refractivity contribution in [3.05, 3.63) is 59.2 Å². The summed E-state index contributed by atoms with van der Waals surface area (Å²) in [6.07, 6.45) is 1.23. The third kappa shape index (κ3) is 2.58. The summed E-state index contributed by atoms with van der Waals surface area (Å²) in [6, 6.07) is 14.8. The summed E-state index contributed by atoms with van der Waals surface area (Å²) in [5, 5.41) is 3.49. The van der Waals surface area contributed by atoms with Crippen molar-refractivity contribution in [2.24, 2.45) is 0 Å². The van der Waals surface area contributed by atoms with Gasteiger partial charge in [-0.1, -0.05) is 35.9 Å². The van der Waals surface area contributed by atoms with Gasteiger partial charge >= 0.3 is 0 Å². The lowest BCUT2D eigenvalue weighted by molar-refractivity contribution is 0.246. The molecule has 2 nitrogen and oxygen atoms in total. The van der Waals surface area contributed by atoms with Crippen LogP contribution in [-0.4, -0.2) is 12.6 Å². The van der Waals surface area contributed by atoms with Gasteiger partial charge in [-0.05, 0) is 37.1 Å². The van der Waals surface area contributed by atoms with Crippen LogP contribution < -0.4 is 10.1 Å². The van der Waals surface area contributed by atoms with Crippen LogP contribution in [0.2, 0.25) is 0 Å². The molecular weight excluding hydrogens is 234 g/mol. The second-order valence-corrected chi connectivity index (χ2v) is 5.25. The van der Waals surface area contributed by atoms with Crippen molar-refractivity contribution in [2.45, 2.75) is 26.4 Å². The summed E-state index contributed by atoms with van der Waals surface area (Å²) in [4.78, 5) is 0. The number of aryl methyl sites for hydroxylation is 2. The van der Waals surface area contributed by atoms with E-state index < -0.39 is 0 Å². The predicted octanol–water partition coefficient (Wildman–Crippen LogP) is 3.72. The Kier molecular flexibility index (Phi) is 3.16. The van der Waals surface area contributed by atoms with Crippen molar-refractivity contribution in [3.63, 3.8) is 0 Å². The molecule has 2 heteroatoms. The fraction of sp³-hybridized carbons (Fsp3) is 0.294. The fourth-order valence-corrected chi connectivity index (χ4v) is 2.60. The highest BCUT2D eigenvalue weighted by atomic mass is 16.5. The molecule has 1 aliphatic rings. The number of hydrogen-bond acceptors (Lipinski definition) is 2. The Morgan fingerprint density at radius 3 is 2.79 bits per heavy atom. The standard InChI is InChI=1S/C17H19NO/c1-12-7-8-16(13(2)9-12)18-11-15-10-14-5-3-4-6-17(14)19-15/h3-9,15,18H,10-11H2,1-2H3. The van der Waals surface area contributed by atoms with Crippen molar-refractivity contribution < 1.29 is 4.74 Å². The average molecular weight is 253 g/mol. The molecule has 3 rings (SSSR count). The van der Waals surface area contributed by atoms with Crippen LogP contribution in [-0.2, 0) is 6.42 Å². The summed E-state index contributed by atoms with van der Waals surface area (Å²) in [5.41, 5.74) is 5.10. The van der Waals surface area contributed by atoms with Gasteiger partial charge in [-0.25, -0.2) is 0 Å². The van der Waals surface area contributed by atoms with E-state index in [9.17, 15) is 0 Å². The number of fused-ring (bicyclic) bond motifs is 1. The highest BCUT2D eigenvalue weighted by Gasteiger charge is 2.21. The van der Waals surface area contributed by atoms with Crippen molar-refractivity contribution in [2.75, 3.05) is 11.9 Å². The minimum atomic E-state index is 0.234. The molecule has 1 heterocycles. The predicted molar refractivity (Wildman–Crippen MR) is 79.0 cm³/mol. The molecule has 0 amide bonds. The molecule has 0 saturated heterocycles. The largest absolute Gasteiger partial charge is 0.488 e. The number of benzene rings is 2. The number of rotatable bonds is 3. The SMILES string of the molecule is Cc1ccc(NCC2Cc3ccccc3O2)c(C)c1. The van der Waals surface area contributed by atoms with Gasteiger partial charge in [0.2, 0.25) is 0 Å². The van der Waals surface area contributed by atoms with E-state index in [-0.39, 0.29) is 6.10 Å². The summed E-state index contributed by atoms with van der Waals surface area (Å²) < 4.78 is 5.93. The zero-order chi connectivity index (χ0) is 13.2. The number of para-hydroxylation sites is 1. The van der Waals surface area contributed by atoms with Gasteiger partial charge in [-0.3, -0.25) is 0 Å². The van der Waals surface area contributed by atoms with Gasteiger partial charge < -0.3 is 10.1 Å². The van der Waals surface area contributed by atoms with E-state index in [2.05, 4.69) is 49.5 Å². The molecule has 2 aromatic carbocycles. The Bertz CT molecular complexity index is 567. The second kappa shape index (κ2) is 4.96. The summed E-state index contributed by atoms with van der Waals surface area (Å²) in [5.74, 6) is 1.04. The zero-order valence-electron chi connectivity index (χ0n) is 11.4. The van der Waals surface area contributed by atoms with E-state index in [1.54, 1.807) is 0 Å². The first-order valence-corrected chi connectivity index (χ1v) is 6.78. The molecule has 0 bridgehead atoms. The average Bonchev–Trinajstić information content (AvgIpc) is 2.80. The lowest BCUT2D eigenvalue weighted by Gasteiger charge is -2.14. The Morgan fingerprint density at radius 1 is 1.16 bits per heavy atom. The Balaban J connectivity index is 1.63. The number of anilines is 1. The second-order valence-electron chi connectivity index (χ2n) is 5.25. The van der Waals surface area contributed by atoms with Gasteiger partial charge in [0.05, 0.1) is 6.54 Å². The van der Waals surface area contributed by atoms with Crippen molar-refractivity contribution >= 4 is 5.69 Å². The molecule has 98 valence electrons. The zero-order valence-corrected chi connectivity index (χ0v) is 11.4. The minimum Gasteiger partial charge on any atom is -0.488 e. The van der Waals surface area contributed by atoms with Crippen molar-refractivity contribution in [1.29, 1.82) is 0 Å². The van der Waals surface area contributed by atoms with Crippen LogP contribution in [0.3, 0.4) is 0 Å². The van der Waals surface area contributed by atoms with Crippen LogP contribution in [0.1, 0.15) is 16.7 Å². The van der Waals surface area contributed by atoms with Crippen LogP contribution in [0.25, 0.3) is 0 Å². The van der Waals surface area contributed by atoms with Gasteiger partial charge in [0.1, 0.15) is 11.9 Å². The Labute approximate surface area is 114 Å². The first kappa shape index (κ1) is 12.1. The number of hydrogen-bond donors (Lipinski definition) is 1. The summed E-state index contributed by atoms with van der Waals surface area (Å²) in [7, 11) is 0. The van der Waals surface area contributed by atoms with Gasteiger partial charge in [0.25, 0.3) is 0 Å². The third-order valence-electron chi connectivity index (χ3n) is 3.62. The summed E-state index contributed by atoms with van der Waals surface area (Å²) in [6.45, 7) is 5.10. The molecule has 1 unspecified atom stereocenters. The molecule has 0 fully saturated rings. The van der Waals surface area contributed by atoms with Crippen molar-refractivity contribution in [1.82, 2.24) is 0 Å². The van der Waals surface area contributed by atoms with Gasteiger partial charge in [0, 0.05) is 12.1 Å². The van der Waals surface area contributed by atoms with Gasteiger partial charge in [-0.15, -0.1) is 0 Å². The normalized spacial score (nSPS) is 16.8. The number of ether oxygens (including phenoxy) is 1. The highest BCUT2D eigenvalue weighted by Crippen LogP contribution is 2.28. The topological polar surface area (TPSA) is 21.3 Å². The smallest absolute Gasteiger partial charge is 0.123 e. The van der Waals surface area contributed by atoms with Gasteiger partial charge in [0.15, 0.2) is 0 Å². The van der Waals surface area contributed by atoms with E-state index in [1.165, 1.54) is 22.4 Å². The van der Waals surface area contributed by atoms with E-state index in [4.69, 9.17) is 4.74 Å². The fourth-order valence-electron chi connectivity index (χ4n) is 2.60. The van der Waals surface area contributed by atoms with Crippen LogP contribution in [0, 0.1) is 13.8 Å². The maximum atomic E-state index is 5.93. The molecule has 0 aliphatic carbocycles. The van der Waals surface area contributed by atoms with E-state index in [0.717, 1.165) is 18.7 Å². The molecule has 1 atom stereocenters. The van der Waals surface area contributed by atoms with Crippen LogP contribution in [0.5, 0.6) is 5.75 Å². The Hall–Kier alpha value is -1.96. The molecule has 2 aromatic rings. The maximum Gasteiger partial charge on any atom is 0.123 e. The first-order chi connectivity index (χ1) is 9.22. The molecule has 19 heavy (non-hydrogen) atoms. The quantitative estimate of drug-likeness (QED) is 0.900. The first-order valence-electron chi connectivity index (χ1n) is 6.78. The van der Waals surface area contributed by atoms with Crippen LogP contribution in [0.15, 0.2) is 42.5 Å². The van der Waals surface area contributed by atoms with Crippen LogP contribution in [0.4, 0.5) is 5.69 Å². The molecular formula is C17H19NO. The molecule has 1 N–H and O–H groups in total. The van der Waals surface area contributed by atoms with E-state index >= 15 is 0 Å². The molecule has 0 radical (unpaired) electrons. The minimum absolute atomic E-state index is 0.234. The van der Waals surface area contributed by atoms with Gasteiger partial charge in [-0.2, -0.15) is 0 Å².